The van der Waals surface area contributed by atoms with Gasteiger partial charge in [0.2, 0.25) is 0 Å². The number of rotatable bonds is 4. The lowest BCUT2D eigenvalue weighted by atomic mass is 10.3. The molecule has 0 aliphatic carbocycles. The van der Waals surface area contributed by atoms with Gasteiger partial charge in [-0.15, -0.1) is 0 Å². The summed E-state index contributed by atoms with van der Waals surface area (Å²) in [4.78, 5) is 13.2. The van der Waals surface area contributed by atoms with Crippen molar-refractivity contribution in [3.8, 4) is 6.07 Å². The Morgan fingerprint density at radius 1 is 1.79 bits per heavy atom. The molecule has 0 aliphatic heterocycles. The van der Waals surface area contributed by atoms with E-state index in [4.69, 9.17) is 5.26 Å². The molecule has 0 aliphatic rings. The predicted molar refractivity (Wildman–Crippen MR) is 48.2 cm³/mol. The van der Waals surface area contributed by atoms with E-state index in [-0.39, 0.29) is 11.6 Å². The smallest absolute Gasteiger partial charge is 0.276 e. The molecule has 1 heterocycles. The van der Waals surface area contributed by atoms with E-state index in [1.807, 2.05) is 13.0 Å². The highest BCUT2D eigenvalue weighted by Crippen LogP contribution is 1.99. The van der Waals surface area contributed by atoms with Crippen LogP contribution in [0.5, 0.6) is 0 Å². The first-order valence-electron chi connectivity index (χ1n) is 4.31. The van der Waals surface area contributed by atoms with Crippen molar-refractivity contribution in [2.75, 3.05) is 13.1 Å². The number of nitrogens with zero attached hydrogens (tertiary/aromatic N) is 4. The summed E-state index contributed by atoms with van der Waals surface area (Å²) in [5.41, 5.74) is 0.282. The van der Waals surface area contributed by atoms with E-state index in [2.05, 4.69) is 15.4 Å². The number of aromatic amines is 1. The van der Waals surface area contributed by atoms with Crippen LogP contribution >= 0.6 is 0 Å². The molecule has 0 unspecified atom stereocenters. The highest BCUT2D eigenvalue weighted by atomic mass is 16.2. The minimum Gasteiger partial charge on any atom is -0.336 e. The molecule has 0 fully saturated rings. The third-order valence-electron chi connectivity index (χ3n) is 1.80. The topological polar surface area (TPSA) is 85.7 Å². The molecular formula is C8H11N5O. The molecule has 0 bridgehead atoms. The average molecular weight is 193 g/mol. The van der Waals surface area contributed by atoms with Crippen molar-refractivity contribution in [3.63, 3.8) is 0 Å². The first-order valence-corrected chi connectivity index (χ1v) is 4.31. The van der Waals surface area contributed by atoms with Gasteiger partial charge in [-0.2, -0.15) is 20.7 Å². The second-order valence-electron chi connectivity index (χ2n) is 2.65. The van der Waals surface area contributed by atoms with E-state index < -0.39 is 0 Å². The fraction of sp³-hybridized carbons (Fsp3) is 0.500. The van der Waals surface area contributed by atoms with Crippen molar-refractivity contribution >= 4 is 5.91 Å². The van der Waals surface area contributed by atoms with Gasteiger partial charge >= 0.3 is 0 Å². The number of nitrogens with one attached hydrogen (secondary N) is 1. The summed E-state index contributed by atoms with van der Waals surface area (Å²) in [7, 11) is 0. The first kappa shape index (κ1) is 10.2. The van der Waals surface area contributed by atoms with Crippen molar-refractivity contribution in [2.45, 2.75) is 13.3 Å². The van der Waals surface area contributed by atoms with Gasteiger partial charge in [0.05, 0.1) is 18.7 Å². The van der Waals surface area contributed by atoms with Gasteiger partial charge in [-0.3, -0.25) is 4.79 Å². The maximum absolute atomic E-state index is 11.6. The van der Waals surface area contributed by atoms with E-state index in [1.54, 1.807) is 4.90 Å². The number of H-pyrrole nitrogens is 1. The Morgan fingerprint density at radius 2 is 2.57 bits per heavy atom. The standard InChI is InChI=1S/C8H11N5O/c1-2-13(5-3-4-9)8(14)7-6-10-12-11-7/h6H,2-3,5H2,1H3,(H,10,11,12). The summed E-state index contributed by atoms with van der Waals surface area (Å²) in [5, 5.41) is 18.0. The van der Waals surface area contributed by atoms with Crippen LogP contribution in [0.15, 0.2) is 6.20 Å². The van der Waals surface area contributed by atoms with Crippen molar-refractivity contribution in [3.05, 3.63) is 11.9 Å². The fourth-order valence-corrected chi connectivity index (χ4v) is 1.05. The minimum absolute atomic E-state index is 0.198. The van der Waals surface area contributed by atoms with E-state index in [1.165, 1.54) is 6.20 Å². The molecule has 0 spiro atoms. The van der Waals surface area contributed by atoms with Crippen molar-refractivity contribution in [2.24, 2.45) is 0 Å². The number of hydrogen-bond acceptors (Lipinski definition) is 4. The summed E-state index contributed by atoms with van der Waals surface area (Å²) in [5.74, 6) is -0.198. The molecule has 1 aromatic rings. The molecule has 74 valence electrons. The fourth-order valence-electron chi connectivity index (χ4n) is 1.05. The lowest BCUT2D eigenvalue weighted by Gasteiger charge is -2.17. The second kappa shape index (κ2) is 4.97. The molecule has 1 aromatic heterocycles. The first-order chi connectivity index (χ1) is 6.79. The van der Waals surface area contributed by atoms with Crippen LogP contribution in [-0.4, -0.2) is 39.3 Å². The Balaban J connectivity index is 2.62. The van der Waals surface area contributed by atoms with Crippen molar-refractivity contribution in [1.82, 2.24) is 20.3 Å². The van der Waals surface area contributed by atoms with Crippen LogP contribution in [0.1, 0.15) is 23.8 Å². The van der Waals surface area contributed by atoms with Crippen LogP contribution in [0.3, 0.4) is 0 Å². The zero-order valence-corrected chi connectivity index (χ0v) is 7.90. The number of amides is 1. The molecule has 1 amide bonds. The van der Waals surface area contributed by atoms with Gasteiger partial charge in [0.1, 0.15) is 0 Å². The average Bonchev–Trinajstić information content (AvgIpc) is 2.71. The molecule has 0 saturated heterocycles. The minimum atomic E-state index is -0.198. The Morgan fingerprint density at radius 3 is 3.07 bits per heavy atom. The molecule has 0 saturated carbocycles. The quantitative estimate of drug-likeness (QED) is 0.739. The van der Waals surface area contributed by atoms with Crippen LogP contribution in [0.2, 0.25) is 0 Å². The third kappa shape index (κ3) is 2.29. The van der Waals surface area contributed by atoms with Gasteiger partial charge in [-0.1, -0.05) is 0 Å². The molecule has 0 aromatic carbocycles. The number of aromatic nitrogens is 3. The maximum atomic E-state index is 11.6. The van der Waals surface area contributed by atoms with Gasteiger partial charge in [0, 0.05) is 13.1 Å². The normalized spacial score (nSPS) is 9.43. The summed E-state index contributed by atoms with van der Waals surface area (Å²) < 4.78 is 0. The van der Waals surface area contributed by atoms with Crippen LogP contribution in [0.4, 0.5) is 0 Å². The molecule has 6 heteroatoms. The Kier molecular flexibility index (Phi) is 3.61. The van der Waals surface area contributed by atoms with Crippen molar-refractivity contribution < 1.29 is 4.79 Å². The Labute approximate surface area is 81.5 Å². The monoisotopic (exact) mass is 193 g/mol. The number of carbonyl (C=O) groups excluding carboxylic acids is 1. The molecule has 0 radical (unpaired) electrons. The highest BCUT2D eigenvalue weighted by Gasteiger charge is 2.15. The summed E-state index contributed by atoms with van der Waals surface area (Å²) in [6.45, 7) is 2.85. The Hall–Kier alpha value is -1.90. The lowest BCUT2D eigenvalue weighted by molar-refractivity contribution is 0.0762. The van der Waals surface area contributed by atoms with Crippen LogP contribution in [-0.2, 0) is 0 Å². The second-order valence-corrected chi connectivity index (χ2v) is 2.65. The van der Waals surface area contributed by atoms with Crippen LogP contribution in [0.25, 0.3) is 0 Å². The largest absolute Gasteiger partial charge is 0.336 e. The van der Waals surface area contributed by atoms with Gasteiger partial charge < -0.3 is 4.90 Å². The van der Waals surface area contributed by atoms with E-state index in [0.29, 0.717) is 19.5 Å². The molecule has 0 atom stereocenters. The molecule has 1 rings (SSSR count). The van der Waals surface area contributed by atoms with Gasteiger partial charge in [0.15, 0.2) is 5.69 Å². The van der Waals surface area contributed by atoms with E-state index in [9.17, 15) is 4.79 Å². The molecule has 6 nitrogen and oxygen atoms in total. The van der Waals surface area contributed by atoms with E-state index >= 15 is 0 Å². The molecule has 14 heavy (non-hydrogen) atoms. The number of hydrogen-bond donors (Lipinski definition) is 1. The van der Waals surface area contributed by atoms with E-state index in [0.717, 1.165) is 0 Å². The zero-order valence-electron chi connectivity index (χ0n) is 7.90. The van der Waals surface area contributed by atoms with Crippen LogP contribution in [0, 0.1) is 11.3 Å². The number of carbonyl (C=O) groups is 1. The number of nitriles is 1. The van der Waals surface area contributed by atoms with Crippen molar-refractivity contribution in [1.29, 1.82) is 5.26 Å². The lowest BCUT2D eigenvalue weighted by Crippen LogP contribution is -2.31. The summed E-state index contributed by atoms with van der Waals surface area (Å²) >= 11 is 0. The Bertz CT molecular complexity index is 326. The zero-order chi connectivity index (χ0) is 10.4. The summed E-state index contributed by atoms with van der Waals surface area (Å²) in [6.07, 6.45) is 1.70. The molecular weight excluding hydrogens is 182 g/mol. The van der Waals surface area contributed by atoms with Gasteiger partial charge in [-0.25, -0.2) is 0 Å². The van der Waals surface area contributed by atoms with Gasteiger partial charge in [0.25, 0.3) is 5.91 Å². The predicted octanol–water partition coefficient (Wildman–Crippen LogP) is 0.180. The third-order valence-corrected chi connectivity index (χ3v) is 1.80. The highest BCUT2D eigenvalue weighted by molar-refractivity contribution is 5.91. The maximum Gasteiger partial charge on any atom is 0.276 e. The van der Waals surface area contributed by atoms with Crippen LogP contribution < -0.4 is 0 Å². The van der Waals surface area contributed by atoms with Gasteiger partial charge in [-0.05, 0) is 6.92 Å². The molecule has 1 N–H and O–H groups in total. The summed E-state index contributed by atoms with van der Waals surface area (Å²) in [6, 6.07) is 1.99. The SMILES string of the molecule is CCN(CCC#N)C(=O)c1cn[nH]n1.